The fraction of sp³-hybridized carbons (Fsp3) is 0.391. The number of aromatic nitrogens is 4. The summed E-state index contributed by atoms with van der Waals surface area (Å²) >= 11 is 5.84. The zero-order valence-electron chi connectivity index (χ0n) is 19.2. The molecule has 0 bridgehead atoms. The molecule has 0 atom stereocenters. The molecule has 174 valence electrons. The molecule has 0 fully saturated rings. The van der Waals surface area contributed by atoms with Crippen molar-refractivity contribution in [2.45, 2.75) is 52.8 Å². The lowest BCUT2D eigenvalue weighted by Gasteiger charge is -2.29. The molecular formula is C23H28ClN7O2. The molecule has 0 spiro atoms. The summed E-state index contributed by atoms with van der Waals surface area (Å²) in [6, 6.07) is 8.08. The van der Waals surface area contributed by atoms with Gasteiger partial charge in [0.1, 0.15) is 5.60 Å². The number of hydrogen-bond donors (Lipinski definition) is 2. The van der Waals surface area contributed by atoms with E-state index in [4.69, 9.17) is 27.2 Å². The van der Waals surface area contributed by atoms with Gasteiger partial charge >= 0.3 is 6.09 Å². The highest BCUT2D eigenvalue weighted by molar-refractivity contribution is 6.28. The van der Waals surface area contributed by atoms with Crippen molar-refractivity contribution in [1.29, 1.82) is 0 Å². The lowest BCUT2D eigenvalue weighted by Crippen LogP contribution is -2.39. The summed E-state index contributed by atoms with van der Waals surface area (Å²) in [5.41, 5.74) is 10.9. The number of nitrogens with zero attached hydrogens (tertiary/aromatic N) is 5. The molecule has 3 aromatic rings. The van der Waals surface area contributed by atoms with Crippen molar-refractivity contribution in [3.05, 3.63) is 58.3 Å². The Bertz CT molecular complexity index is 1170. The van der Waals surface area contributed by atoms with Crippen LogP contribution in [-0.4, -0.2) is 42.9 Å². The third-order valence-corrected chi connectivity index (χ3v) is 5.55. The van der Waals surface area contributed by atoms with Crippen LogP contribution in [0.25, 0.3) is 5.69 Å². The first-order valence-corrected chi connectivity index (χ1v) is 11.1. The minimum atomic E-state index is -0.515. The average Bonchev–Trinajstić information content (AvgIpc) is 3.09. The number of rotatable bonds is 4. The molecule has 1 aliphatic heterocycles. The van der Waals surface area contributed by atoms with Gasteiger partial charge in [-0.3, -0.25) is 0 Å². The molecule has 0 unspecified atom stereocenters. The van der Waals surface area contributed by atoms with Crippen molar-refractivity contribution in [2.75, 3.05) is 17.6 Å². The van der Waals surface area contributed by atoms with Crippen LogP contribution in [0, 0.1) is 6.92 Å². The summed E-state index contributed by atoms with van der Waals surface area (Å²) in [7, 11) is 0. The summed E-state index contributed by atoms with van der Waals surface area (Å²) < 4.78 is 7.47. The standard InChI is InChI=1S/C23H28ClN7O2/c1-14-17-13-30(22(32)33-23(2,3)4)10-9-19(17)29-31(14)16-7-5-15(6-8-16)11-26-20-18(25)12-27-21(24)28-20/h5-8,12H,9-11,13,25H2,1-4H3,(H,26,27,28). The van der Waals surface area contributed by atoms with Gasteiger partial charge in [0.2, 0.25) is 5.28 Å². The van der Waals surface area contributed by atoms with Gasteiger partial charge in [-0.05, 0) is 57.0 Å². The van der Waals surface area contributed by atoms with E-state index < -0.39 is 5.60 Å². The fourth-order valence-corrected chi connectivity index (χ4v) is 3.83. The number of nitrogens with one attached hydrogen (secondary N) is 1. The molecular weight excluding hydrogens is 442 g/mol. The summed E-state index contributed by atoms with van der Waals surface area (Å²) in [6.45, 7) is 9.29. The molecule has 10 heteroatoms. The molecule has 1 aromatic carbocycles. The zero-order valence-corrected chi connectivity index (χ0v) is 20.0. The molecule has 4 rings (SSSR count). The summed E-state index contributed by atoms with van der Waals surface area (Å²) in [5, 5.41) is 8.13. The van der Waals surface area contributed by atoms with Gasteiger partial charge in [-0.1, -0.05) is 12.1 Å². The fourth-order valence-electron chi connectivity index (χ4n) is 3.70. The zero-order chi connectivity index (χ0) is 23.8. The number of nitrogens with two attached hydrogens (primary N) is 1. The van der Waals surface area contributed by atoms with Crippen LogP contribution in [0.5, 0.6) is 0 Å². The Kier molecular flexibility index (Phi) is 6.16. The first-order chi connectivity index (χ1) is 15.6. The predicted molar refractivity (Wildman–Crippen MR) is 127 cm³/mol. The largest absolute Gasteiger partial charge is 0.444 e. The first kappa shape index (κ1) is 22.8. The number of hydrogen-bond acceptors (Lipinski definition) is 7. The van der Waals surface area contributed by atoms with Gasteiger partial charge in [-0.15, -0.1) is 0 Å². The van der Waals surface area contributed by atoms with Gasteiger partial charge in [0.05, 0.1) is 29.8 Å². The van der Waals surface area contributed by atoms with Gasteiger partial charge in [-0.2, -0.15) is 10.1 Å². The summed E-state index contributed by atoms with van der Waals surface area (Å²) in [5.74, 6) is 0.504. The quantitative estimate of drug-likeness (QED) is 0.553. The van der Waals surface area contributed by atoms with Crippen molar-refractivity contribution in [3.63, 3.8) is 0 Å². The van der Waals surface area contributed by atoms with E-state index in [2.05, 4.69) is 15.3 Å². The van der Waals surface area contributed by atoms with E-state index >= 15 is 0 Å². The SMILES string of the molecule is Cc1c2c(nn1-c1ccc(CNc3nc(Cl)ncc3N)cc1)CCN(C(=O)OC(C)(C)C)C2. The monoisotopic (exact) mass is 469 g/mol. The lowest BCUT2D eigenvalue weighted by molar-refractivity contribution is 0.0223. The molecule has 0 saturated carbocycles. The minimum Gasteiger partial charge on any atom is -0.444 e. The Balaban J connectivity index is 1.46. The maximum atomic E-state index is 12.5. The van der Waals surface area contributed by atoms with E-state index in [0.29, 0.717) is 37.6 Å². The highest BCUT2D eigenvalue weighted by Gasteiger charge is 2.29. The minimum absolute atomic E-state index is 0.144. The number of carbonyl (C=O) groups is 1. The van der Waals surface area contributed by atoms with Crippen LogP contribution in [0.2, 0.25) is 5.28 Å². The molecule has 33 heavy (non-hydrogen) atoms. The highest BCUT2D eigenvalue weighted by atomic mass is 35.5. The Hall–Kier alpha value is -3.33. The van der Waals surface area contributed by atoms with E-state index in [1.807, 2.05) is 56.6 Å². The molecule has 1 amide bonds. The van der Waals surface area contributed by atoms with Crippen LogP contribution in [0.3, 0.4) is 0 Å². The lowest BCUT2D eigenvalue weighted by atomic mass is 10.1. The second-order valence-electron chi connectivity index (χ2n) is 9.04. The number of nitrogen functional groups attached to an aromatic ring is 1. The van der Waals surface area contributed by atoms with E-state index in [9.17, 15) is 4.79 Å². The smallest absolute Gasteiger partial charge is 0.410 e. The van der Waals surface area contributed by atoms with E-state index in [-0.39, 0.29) is 11.4 Å². The number of fused-ring (bicyclic) bond motifs is 1. The van der Waals surface area contributed by atoms with Gasteiger partial charge in [-0.25, -0.2) is 14.5 Å². The molecule has 1 aliphatic rings. The van der Waals surface area contributed by atoms with Crippen molar-refractivity contribution in [1.82, 2.24) is 24.6 Å². The van der Waals surface area contributed by atoms with E-state index in [0.717, 1.165) is 28.2 Å². The normalized spacial score (nSPS) is 13.5. The van der Waals surface area contributed by atoms with Crippen LogP contribution in [0.15, 0.2) is 30.5 Å². The van der Waals surface area contributed by atoms with Crippen molar-refractivity contribution >= 4 is 29.2 Å². The van der Waals surface area contributed by atoms with E-state index in [1.165, 1.54) is 6.20 Å². The average molecular weight is 470 g/mol. The number of ether oxygens (including phenoxy) is 1. The van der Waals surface area contributed by atoms with Crippen LogP contribution >= 0.6 is 11.6 Å². The predicted octanol–water partition coefficient (Wildman–Crippen LogP) is 4.11. The molecule has 9 nitrogen and oxygen atoms in total. The maximum absolute atomic E-state index is 12.5. The number of halogens is 1. The molecule has 3 heterocycles. The number of amides is 1. The van der Waals surface area contributed by atoms with Crippen LogP contribution in [0.1, 0.15) is 43.3 Å². The van der Waals surface area contributed by atoms with E-state index in [1.54, 1.807) is 4.90 Å². The van der Waals surface area contributed by atoms with Crippen molar-refractivity contribution < 1.29 is 9.53 Å². The number of benzene rings is 1. The molecule has 2 aromatic heterocycles. The Morgan fingerprint density at radius 3 is 2.70 bits per heavy atom. The third-order valence-electron chi connectivity index (χ3n) is 5.37. The van der Waals surface area contributed by atoms with Gasteiger partial charge in [0.25, 0.3) is 0 Å². The molecule has 0 aliphatic carbocycles. The second-order valence-corrected chi connectivity index (χ2v) is 9.38. The topological polar surface area (TPSA) is 111 Å². The Morgan fingerprint density at radius 1 is 1.27 bits per heavy atom. The molecule has 0 saturated heterocycles. The molecule has 3 N–H and O–H groups in total. The summed E-state index contributed by atoms with van der Waals surface area (Å²) in [4.78, 5) is 22.2. The summed E-state index contributed by atoms with van der Waals surface area (Å²) in [6.07, 6.45) is 1.89. The van der Waals surface area contributed by atoms with Crippen LogP contribution in [-0.2, 0) is 24.2 Å². The second kappa shape index (κ2) is 8.90. The van der Waals surface area contributed by atoms with Crippen LogP contribution in [0.4, 0.5) is 16.3 Å². The highest BCUT2D eigenvalue weighted by Crippen LogP contribution is 2.26. The van der Waals surface area contributed by atoms with Gasteiger partial charge in [0.15, 0.2) is 5.82 Å². The maximum Gasteiger partial charge on any atom is 0.410 e. The molecule has 0 radical (unpaired) electrons. The Morgan fingerprint density at radius 2 is 2.00 bits per heavy atom. The first-order valence-electron chi connectivity index (χ1n) is 10.8. The van der Waals surface area contributed by atoms with Gasteiger partial charge < -0.3 is 20.7 Å². The number of carbonyl (C=O) groups excluding carboxylic acids is 1. The van der Waals surface area contributed by atoms with Crippen molar-refractivity contribution in [3.8, 4) is 5.69 Å². The number of anilines is 2. The van der Waals surface area contributed by atoms with Crippen LogP contribution < -0.4 is 11.1 Å². The third kappa shape index (κ3) is 5.19. The Labute approximate surface area is 197 Å². The van der Waals surface area contributed by atoms with Gasteiger partial charge in [0, 0.05) is 30.8 Å². The van der Waals surface area contributed by atoms with Crippen molar-refractivity contribution in [2.24, 2.45) is 0 Å².